The van der Waals surface area contributed by atoms with Crippen LogP contribution in [0.3, 0.4) is 0 Å². The summed E-state index contributed by atoms with van der Waals surface area (Å²) in [6.45, 7) is 2.16. The van der Waals surface area contributed by atoms with Crippen molar-refractivity contribution in [2.75, 3.05) is 5.32 Å². The van der Waals surface area contributed by atoms with Crippen molar-refractivity contribution in [3.05, 3.63) is 41.7 Å². The Labute approximate surface area is 84.4 Å². The van der Waals surface area contributed by atoms with Crippen molar-refractivity contribution in [3.63, 3.8) is 0 Å². The number of fused-ring (bicyclic) bond motifs is 1. The highest BCUT2D eigenvalue weighted by atomic mass is 14.9. The van der Waals surface area contributed by atoms with Gasteiger partial charge in [0.2, 0.25) is 0 Å². The fraction of sp³-hybridized carbons (Fsp3) is 0.250. The molecule has 0 aromatic heterocycles. The normalized spacial score (nSPS) is 13.9. The third-order valence-electron chi connectivity index (χ3n) is 2.23. The maximum Gasteiger partial charge on any atom is 0.0563 e. The van der Waals surface area contributed by atoms with Gasteiger partial charge in [-0.05, 0) is 12.5 Å². The van der Waals surface area contributed by atoms with E-state index in [1.54, 1.807) is 0 Å². The summed E-state index contributed by atoms with van der Waals surface area (Å²) in [5, 5.41) is 3.27. The zero-order valence-electron chi connectivity index (χ0n) is 8.33. The molecule has 0 unspecified atom stereocenters. The molecule has 0 aliphatic carbocycles. The van der Waals surface area contributed by atoms with Crippen molar-refractivity contribution in [2.45, 2.75) is 19.8 Å². The van der Waals surface area contributed by atoms with Gasteiger partial charge in [-0.25, -0.2) is 0 Å². The maximum absolute atomic E-state index is 4.43. The first-order chi connectivity index (χ1) is 6.90. The number of hydrogen-bond donors (Lipinski definition) is 1. The molecule has 0 spiro atoms. The van der Waals surface area contributed by atoms with Gasteiger partial charge in [0.15, 0.2) is 0 Å². The smallest absolute Gasteiger partial charge is 0.0563 e. The lowest BCUT2D eigenvalue weighted by atomic mass is 10.2. The minimum Gasteiger partial charge on any atom is -0.359 e. The van der Waals surface area contributed by atoms with Gasteiger partial charge in [-0.3, -0.25) is 4.99 Å². The van der Waals surface area contributed by atoms with Gasteiger partial charge >= 0.3 is 0 Å². The molecule has 0 saturated heterocycles. The Morgan fingerprint density at radius 2 is 2.14 bits per heavy atom. The second-order valence-corrected chi connectivity index (χ2v) is 3.38. The Kier molecular flexibility index (Phi) is 2.63. The molecule has 2 heteroatoms. The summed E-state index contributed by atoms with van der Waals surface area (Å²) < 4.78 is 0. The summed E-state index contributed by atoms with van der Waals surface area (Å²) in [7, 11) is 0. The van der Waals surface area contributed by atoms with Crippen molar-refractivity contribution in [2.24, 2.45) is 4.99 Å². The molecule has 1 N–H and O–H groups in total. The summed E-state index contributed by atoms with van der Waals surface area (Å²) in [4.78, 5) is 4.43. The first-order valence-corrected chi connectivity index (χ1v) is 4.99. The second kappa shape index (κ2) is 4.09. The molecule has 0 amide bonds. The van der Waals surface area contributed by atoms with E-state index in [0.29, 0.717) is 0 Å². The van der Waals surface area contributed by atoms with Gasteiger partial charge in [0, 0.05) is 23.7 Å². The number of nitrogens with zero attached hydrogens (tertiary/aromatic N) is 1. The van der Waals surface area contributed by atoms with E-state index in [2.05, 4.69) is 29.4 Å². The SMILES string of the molecule is CCCC1=CNc2ccccc2C=N1. The van der Waals surface area contributed by atoms with Crippen LogP contribution in [0, 0.1) is 0 Å². The summed E-state index contributed by atoms with van der Waals surface area (Å²) >= 11 is 0. The molecule has 2 rings (SSSR count). The Morgan fingerprint density at radius 1 is 1.29 bits per heavy atom. The fourth-order valence-corrected chi connectivity index (χ4v) is 1.48. The van der Waals surface area contributed by atoms with E-state index >= 15 is 0 Å². The van der Waals surface area contributed by atoms with Gasteiger partial charge in [-0.1, -0.05) is 31.5 Å². The monoisotopic (exact) mass is 186 g/mol. The van der Waals surface area contributed by atoms with Crippen LogP contribution in [-0.2, 0) is 0 Å². The van der Waals surface area contributed by atoms with Crippen molar-refractivity contribution in [3.8, 4) is 0 Å². The van der Waals surface area contributed by atoms with Crippen molar-refractivity contribution >= 4 is 11.9 Å². The minimum absolute atomic E-state index is 1.03. The fourth-order valence-electron chi connectivity index (χ4n) is 1.48. The number of allylic oxidation sites excluding steroid dienone is 1. The molecule has 0 bridgehead atoms. The minimum atomic E-state index is 1.03. The number of anilines is 1. The standard InChI is InChI=1S/C12H14N2/c1-2-5-11-9-14-12-7-4-3-6-10(12)8-13-11/h3-4,6-9,14H,2,5H2,1H3. The zero-order chi connectivity index (χ0) is 9.80. The average Bonchev–Trinajstić information content (AvgIpc) is 2.42. The molecule has 1 heterocycles. The first kappa shape index (κ1) is 9.00. The van der Waals surface area contributed by atoms with Gasteiger partial charge in [-0.15, -0.1) is 0 Å². The van der Waals surface area contributed by atoms with Crippen LogP contribution < -0.4 is 5.32 Å². The molecule has 1 aromatic carbocycles. The second-order valence-electron chi connectivity index (χ2n) is 3.38. The van der Waals surface area contributed by atoms with Crippen LogP contribution in [0.1, 0.15) is 25.3 Å². The largest absolute Gasteiger partial charge is 0.359 e. The molecule has 14 heavy (non-hydrogen) atoms. The third kappa shape index (κ3) is 1.84. The molecule has 0 atom stereocenters. The van der Waals surface area contributed by atoms with E-state index in [9.17, 15) is 0 Å². The van der Waals surface area contributed by atoms with Crippen LogP contribution in [0.4, 0.5) is 5.69 Å². The number of aliphatic imine (C=N–C) groups is 1. The highest BCUT2D eigenvalue weighted by Crippen LogP contribution is 2.18. The van der Waals surface area contributed by atoms with Gasteiger partial charge in [-0.2, -0.15) is 0 Å². The van der Waals surface area contributed by atoms with E-state index in [1.807, 2.05) is 24.5 Å². The molecule has 0 saturated carbocycles. The average molecular weight is 186 g/mol. The molecule has 1 aliphatic rings. The van der Waals surface area contributed by atoms with Crippen LogP contribution in [0.15, 0.2) is 41.2 Å². The zero-order valence-corrected chi connectivity index (χ0v) is 8.33. The molecule has 0 radical (unpaired) electrons. The molecule has 0 fully saturated rings. The molecular weight excluding hydrogens is 172 g/mol. The van der Waals surface area contributed by atoms with E-state index in [1.165, 1.54) is 0 Å². The van der Waals surface area contributed by atoms with Crippen LogP contribution in [0.25, 0.3) is 0 Å². The molecule has 1 aromatic rings. The number of para-hydroxylation sites is 1. The molecular formula is C12H14N2. The lowest BCUT2D eigenvalue weighted by Gasteiger charge is -2.01. The molecule has 1 aliphatic heterocycles. The number of hydrogen-bond acceptors (Lipinski definition) is 2. The van der Waals surface area contributed by atoms with E-state index in [0.717, 1.165) is 29.8 Å². The summed E-state index contributed by atoms with van der Waals surface area (Å²) in [6.07, 6.45) is 6.07. The Morgan fingerprint density at radius 3 is 3.00 bits per heavy atom. The lowest BCUT2D eigenvalue weighted by Crippen LogP contribution is -1.90. The van der Waals surface area contributed by atoms with Crippen LogP contribution in [-0.4, -0.2) is 6.21 Å². The highest BCUT2D eigenvalue weighted by Gasteiger charge is 2.02. The number of nitrogens with one attached hydrogen (secondary N) is 1. The van der Waals surface area contributed by atoms with Crippen LogP contribution >= 0.6 is 0 Å². The maximum atomic E-state index is 4.43. The van der Waals surface area contributed by atoms with Gasteiger partial charge in [0.05, 0.1) is 5.70 Å². The lowest BCUT2D eigenvalue weighted by molar-refractivity contribution is 0.893. The Balaban J connectivity index is 2.27. The molecule has 2 nitrogen and oxygen atoms in total. The Hall–Kier alpha value is -1.57. The summed E-state index contributed by atoms with van der Waals surface area (Å²) in [6, 6.07) is 8.18. The van der Waals surface area contributed by atoms with Crippen molar-refractivity contribution < 1.29 is 0 Å². The molecule has 72 valence electrons. The van der Waals surface area contributed by atoms with Gasteiger partial charge in [0.1, 0.15) is 0 Å². The van der Waals surface area contributed by atoms with Crippen molar-refractivity contribution in [1.29, 1.82) is 0 Å². The Bertz CT molecular complexity index is 378. The van der Waals surface area contributed by atoms with E-state index in [4.69, 9.17) is 0 Å². The topological polar surface area (TPSA) is 24.4 Å². The highest BCUT2D eigenvalue weighted by molar-refractivity contribution is 5.89. The number of rotatable bonds is 2. The van der Waals surface area contributed by atoms with Crippen LogP contribution in [0.2, 0.25) is 0 Å². The van der Waals surface area contributed by atoms with E-state index in [-0.39, 0.29) is 0 Å². The van der Waals surface area contributed by atoms with Crippen molar-refractivity contribution in [1.82, 2.24) is 0 Å². The summed E-state index contributed by atoms with van der Waals surface area (Å²) in [5.74, 6) is 0. The number of benzene rings is 1. The predicted octanol–water partition coefficient (Wildman–Crippen LogP) is 3.17. The van der Waals surface area contributed by atoms with Crippen LogP contribution in [0.5, 0.6) is 0 Å². The van der Waals surface area contributed by atoms with Gasteiger partial charge < -0.3 is 5.32 Å². The van der Waals surface area contributed by atoms with Gasteiger partial charge in [0.25, 0.3) is 0 Å². The summed E-state index contributed by atoms with van der Waals surface area (Å²) in [5.41, 5.74) is 3.39. The quantitative estimate of drug-likeness (QED) is 0.753. The van der Waals surface area contributed by atoms with E-state index < -0.39 is 0 Å². The predicted molar refractivity (Wildman–Crippen MR) is 60.6 cm³/mol. The first-order valence-electron chi connectivity index (χ1n) is 4.99. The third-order valence-corrected chi connectivity index (χ3v) is 2.23.